The van der Waals surface area contributed by atoms with E-state index in [4.69, 9.17) is 4.74 Å². The normalized spacial score (nSPS) is 21.8. The van der Waals surface area contributed by atoms with Crippen molar-refractivity contribution in [3.8, 4) is 11.1 Å². The number of amides is 1. The van der Waals surface area contributed by atoms with E-state index < -0.39 is 23.0 Å². The Kier molecular flexibility index (Phi) is 5.77. The van der Waals surface area contributed by atoms with Crippen LogP contribution in [0.1, 0.15) is 44.2 Å². The van der Waals surface area contributed by atoms with Crippen molar-refractivity contribution in [2.45, 2.75) is 38.6 Å². The monoisotopic (exact) mass is 439 g/mol. The van der Waals surface area contributed by atoms with E-state index in [0.717, 1.165) is 23.3 Å². The number of carbonyl (C=O) groups excluding carboxylic acids is 1. The molecular weight excluding hydrogens is 410 g/mol. The second-order valence-corrected chi connectivity index (χ2v) is 10.0. The van der Waals surface area contributed by atoms with Gasteiger partial charge in [-0.05, 0) is 41.4 Å². The molecule has 2 aliphatic rings. The Morgan fingerprint density at radius 2 is 1.68 bits per heavy atom. The van der Waals surface area contributed by atoms with Crippen LogP contribution in [0.2, 0.25) is 0 Å². The predicted molar refractivity (Wildman–Crippen MR) is 124 cm³/mol. The molecule has 6 heteroatoms. The maximum atomic E-state index is 13.3. The molecule has 1 amide bonds. The summed E-state index contributed by atoms with van der Waals surface area (Å²) in [7, 11) is 0. The number of ether oxygens (including phenoxy) is 1. The van der Waals surface area contributed by atoms with Crippen molar-refractivity contribution in [3.63, 3.8) is 0 Å². The van der Waals surface area contributed by atoms with Crippen LogP contribution >= 0.6 is 11.8 Å². The zero-order valence-corrected chi connectivity index (χ0v) is 19.1. The number of carbonyl (C=O) groups is 2. The third kappa shape index (κ3) is 3.41. The van der Waals surface area contributed by atoms with Crippen molar-refractivity contribution in [2.75, 3.05) is 24.7 Å². The minimum Gasteiger partial charge on any atom is -0.479 e. The summed E-state index contributed by atoms with van der Waals surface area (Å²) >= 11 is 1.59. The molecule has 1 aliphatic carbocycles. The highest BCUT2D eigenvalue weighted by Crippen LogP contribution is 2.47. The molecule has 5 nitrogen and oxygen atoms in total. The smallest absolute Gasteiger partial charge is 0.410 e. The lowest BCUT2D eigenvalue weighted by molar-refractivity contribution is -0.157. The largest absolute Gasteiger partial charge is 0.479 e. The maximum Gasteiger partial charge on any atom is 0.410 e. The van der Waals surface area contributed by atoms with Crippen molar-refractivity contribution < 1.29 is 19.4 Å². The van der Waals surface area contributed by atoms with Gasteiger partial charge in [-0.25, -0.2) is 9.59 Å². The molecule has 1 unspecified atom stereocenters. The van der Waals surface area contributed by atoms with Crippen LogP contribution in [-0.2, 0) is 9.53 Å². The second-order valence-electron chi connectivity index (χ2n) is 8.90. The number of hydrogen-bond donors (Lipinski definition) is 1. The first kappa shape index (κ1) is 21.8. The van der Waals surface area contributed by atoms with Gasteiger partial charge in [-0.1, -0.05) is 62.4 Å². The molecule has 1 N–H and O–H groups in total. The van der Waals surface area contributed by atoms with Gasteiger partial charge in [0.2, 0.25) is 0 Å². The molecule has 164 valence electrons. The number of fused-ring (bicyclic) bond motifs is 3. The van der Waals surface area contributed by atoms with Gasteiger partial charge in [-0.2, -0.15) is 11.8 Å². The van der Waals surface area contributed by atoms with Crippen LogP contribution in [0.4, 0.5) is 4.79 Å². The Morgan fingerprint density at radius 3 is 2.19 bits per heavy atom. The van der Waals surface area contributed by atoms with E-state index in [1.54, 1.807) is 11.8 Å². The van der Waals surface area contributed by atoms with Crippen LogP contribution in [0.5, 0.6) is 0 Å². The maximum absolute atomic E-state index is 13.3. The van der Waals surface area contributed by atoms with Gasteiger partial charge < -0.3 is 9.84 Å². The van der Waals surface area contributed by atoms with Crippen LogP contribution < -0.4 is 0 Å². The molecular formula is C25H29NO4S. The van der Waals surface area contributed by atoms with Gasteiger partial charge in [-0.3, -0.25) is 4.90 Å². The number of nitrogens with zero attached hydrogens (tertiary/aromatic N) is 1. The first-order chi connectivity index (χ1) is 14.8. The zero-order chi connectivity index (χ0) is 22.2. The van der Waals surface area contributed by atoms with Crippen molar-refractivity contribution in [1.82, 2.24) is 4.90 Å². The summed E-state index contributed by atoms with van der Waals surface area (Å²) in [5.41, 5.74) is 2.78. The SMILES string of the molecule is CCN(C(=O)OCC1c2ccccc2-c2ccccc21)C1(C(=O)O)CSCCC1(C)C. The number of carboxylic acid groups (broad SMARTS) is 1. The summed E-state index contributed by atoms with van der Waals surface area (Å²) < 4.78 is 5.83. The summed E-state index contributed by atoms with van der Waals surface area (Å²) in [5.74, 6) is 0.252. The molecule has 1 fully saturated rings. The summed E-state index contributed by atoms with van der Waals surface area (Å²) in [6, 6.07) is 16.4. The summed E-state index contributed by atoms with van der Waals surface area (Å²) in [4.78, 5) is 27.2. The first-order valence-corrected chi connectivity index (χ1v) is 11.9. The lowest BCUT2D eigenvalue weighted by Crippen LogP contribution is -2.68. The summed E-state index contributed by atoms with van der Waals surface area (Å²) in [5, 5.41) is 10.3. The molecule has 1 heterocycles. The summed E-state index contributed by atoms with van der Waals surface area (Å²) in [6.45, 7) is 6.18. The standard InChI is InChI=1S/C25H29NO4S/c1-4-26(25(22(27)28)16-31-14-13-24(25,2)3)23(29)30-15-21-19-11-7-5-9-17(19)18-10-6-8-12-20(18)21/h5-12,21H,4,13-16H2,1-3H3,(H,27,28). The lowest BCUT2D eigenvalue weighted by atomic mass is 9.69. The average Bonchev–Trinajstić information content (AvgIpc) is 3.07. The number of rotatable bonds is 5. The molecule has 1 saturated heterocycles. The minimum absolute atomic E-state index is 0.0513. The van der Waals surface area contributed by atoms with E-state index in [0.29, 0.717) is 5.75 Å². The lowest BCUT2D eigenvalue weighted by Gasteiger charge is -2.51. The zero-order valence-electron chi connectivity index (χ0n) is 18.3. The van der Waals surface area contributed by atoms with E-state index in [-0.39, 0.29) is 19.1 Å². The van der Waals surface area contributed by atoms with Gasteiger partial charge in [0.15, 0.2) is 5.54 Å². The fourth-order valence-electron chi connectivity index (χ4n) is 5.09. The molecule has 1 atom stereocenters. The highest BCUT2D eigenvalue weighted by molar-refractivity contribution is 7.99. The highest BCUT2D eigenvalue weighted by atomic mass is 32.2. The van der Waals surface area contributed by atoms with E-state index in [2.05, 4.69) is 24.3 Å². The van der Waals surface area contributed by atoms with Gasteiger partial charge in [0, 0.05) is 23.6 Å². The molecule has 0 aromatic heterocycles. The van der Waals surface area contributed by atoms with Crippen LogP contribution in [0, 0.1) is 5.41 Å². The van der Waals surface area contributed by atoms with E-state index in [1.165, 1.54) is 16.0 Å². The van der Waals surface area contributed by atoms with Gasteiger partial charge in [-0.15, -0.1) is 0 Å². The number of thioether (sulfide) groups is 1. The van der Waals surface area contributed by atoms with Crippen molar-refractivity contribution in [1.29, 1.82) is 0 Å². The van der Waals surface area contributed by atoms with Crippen molar-refractivity contribution >= 4 is 23.8 Å². The number of likely N-dealkylation sites (N-methyl/N-ethyl adjacent to an activating group) is 1. The van der Waals surface area contributed by atoms with Crippen LogP contribution in [-0.4, -0.2) is 52.3 Å². The fraction of sp³-hybridized carbons (Fsp3) is 0.440. The number of hydrogen-bond acceptors (Lipinski definition) is 4. The molecule has 4 rings (SSSR count). The van der Waals surface area contributed by atoms with E-state index in [9.17, 15) is 14.7 Å². The third-order valence-corrected chi connectivity index (χ3v) is 8.10. The van der Waals surface area contributed by atoms with Crippen molar-refractivity contribution in [3.05, 3.63) is 59.7 Å². The number of carboxylic acids is 1. The molecule has 0 radical (unpaired) electrons. The Hall–Kier alpha value is -2.47. The van der Waals surface area contributed by atoms with Crippen LogP contribution in [0.15, 0.2) is 48.5 Å². The summed E-state index contributed by atoms with van der Waals surface area (Å²) in [6.07, 6.45) is 0.180. The quantitative estimate of drug-likeness (QED) is 0.690. The third-order valence-electron chi connectivity index (χ3n) is 6.99. The fourth-order valence-corrected chi connectivity index (χ4v) is 6.85. The molecule has 2 aromatic rings. The van der Waals surface area contributed by atoms with Gasteiger partial charge >= 0.3 is 12.1 Å². The first-order valence-electron chi connectivity index (χ1n) is 10.8. The van der Waals surface area contributed by atoms with E-state index >= 15 is 0 Å². The van der Waals surface area contributed by atoms with Crippen LogP contribution in [0.25, 0.3) is 11.1 Å². The van der Waals surface area contributed by atoms with Crippen LogP contribution in [0.3, 0.4) is 0 Å². The highest BCUT2D eigenvalue weighted by Gasteiger charge is 2.58. The number of aliphatic carboxylic acids is 1. The van der Waals surface area contributed by atoms with Gasteiger partial charge in [0.1, 0.15) is 6.61 Å². The number of benzene rings is 2. The average molecular weight is 440 g/mol. The predicted octanol–water partition coefficient (Wildman–Crippen LogP) is 5.24. The Balaban J connectivity index is 1.60. The molecule has 0 bridgehead atoms. The topological polar surface area (TPSA) is 66.8 Å². The molecule has 0 spiro atoms. The molecule has 2 aromatic carbocycles. The molecule has 31 heavy (non-hydrogen) atoms. The molecule has 0 saturated carbocycles. The molecule has 1 aliphatic heterocycles. The Labute approximate surface area is 187 Å². The van der Waals surface area contributed by atoms with Crippen molar-refractivity contribution in [2.24, 2.45) is 5.41 Å². The Bertz CT molecular complexity index is 959. The Morgan fingerprint density at radius 1 is 1.10 bits per heavy atom. The van der Waals surface area contributed by atoms with Gasteiger partial charge in [0.25, 0.3) is 0 Å². The second kappa shape index (κ2) is 8.23. The van der Waals surface area contributed by atoms with Gasteiger partial charge in [0.05, 0.1) is 0 Å². The van der Waals surface area contributed by atoms with E-state index in [1.807, 2.05) is 45.0 Å². The minimum atomic E-state index is -1.28.